The van der Waals surface area contributed by atoms with E-state index in [0.717, 1.165) is 12.8 Å². The van der Waals surface area contributed by atoms with Gasteiger partial charge in [-0.2, -0.15) is 0 Å². The van der Waals surface area contributed by atoms with E-state index in [1.54, 1.807) is 0 Å². The van der Waals surface area contributed by atoms with Gasteiger partial charge in [-0.05, 0) is 25.1 Å². The van der Waals surface area contributed by atoms with Crippen LogP contribution in [0.5, 0.6) is 0 Å². The van der Waals surface area contributed by atoms with E-state index < -0.39 is 0 Å². The molecule has 0 bridgehead atoms. The van der Waals surface area contributed by atoms with Crippen molar-refractivity contribution >= 4 is 23.2 Å². The molecule has 0 aromatic carbocycles. The van der Waals surface area contributed by atoms with Crippen LogP contribution in [0.2, 0.25) is 0 Å². The van der Waals surface area contributed by atoms with Gasteiger partial charge in [-0.3, -0.25) is 4.79 Å². The summed E-state index contributed by atoms with van der Waals surface area (Å²) >= 11 is 4.53. The zero-order valence-electron chi connectivity index (χ0n) is 6.89. The van der Waals surface area contributed by atoms with Crippen molar-refractivity contribution < 1.29 is 4.79 Å². The molecule has 0 fully saturated rings. The second kappa shape index (κ2) is 5.07. The Morgan fingerprint density at radius 2 is 2.00 bits per heavy atom. The fourth-order valence-corrected chi connectivity index (χ4v) is 0.984. The molecule has 0 unspecified atom stereocenters. The SMILES string of the molecule is CCC(CC)C(=O)NC(N)=S. The first kappa shape index (κ1) is 10.4. The quantitative estimate of drug-likeness (QED) is 0.622. The number of hydrogen-bond acceptors (Lipinski definition) is 2. The van der Waals surface area contributed by atoms with Crippen molar-refractivity contribution in [3.05, 3.63) is 0 Å². The number of nitrogens with one attached hydrogen (secondary N) is 1. The molecule has 0 aliphatic carbocycles. The number of rotatable bonds is 3. The Labute approximate surface area is 72.3 Å². The molecule has 0 saturated carbocycles. The van der Waals surface area contributed by atoms with E-state index in [-0.39, 0.29) is 16.9 Å². The molecule has 0 spiro atoms. The summed E-state index contributed by atoms with van der Waals surface area (Å²) in [6, 6.07) is 0. The molecule has 0 atom stereocenters. The molecule has 3 nitrogen and oxygen atoms in total. The molecule has 0 radical (unpaired) electrons. The number of hydrogen-bond donors (Lipinski definition) is 2. The van der Waals surface area contributed by atoms with Crippen molar-refractivity contribution in [1.29, 1.82) is 0 Å². The van der Waals surface area contributed by atoms with Crippen LogP contribution in [0.15, 0.2) is 0 Å². The summed E-state index contributed by atoms with van der Waals surface area (Å²) in [5.74, 6) is -0.0287. The Morgan fingerprint density at radius 1 is 1.55 bits per heavy atom. The highest BCUT2D eigenvalue weighted by Gasteiger charge is 2.13. The summed E-state index contributed by atoms with van der Waals surface area (Å²) in [5, 5.41) is 2.47. The fraction of sp³-hybridized carbons (Fsp3) is 0.714. The smallest absolute Gasteiger partial charge is 0.229 e. The first-order chi connectivity index (χ1) is 5.11. The molecule has 0 rings (SSSR count). The normalized spacial score (nSPS) is 9.73. The third-order valence-corrected chi connectivity index (χ3v) is 1.70. The Hall–Kier alpha value is -0.640. The van der Waals surface area contributed by atoms with Gasteiger partial charge in [-0.1, -0.05) is 13.8 Å². The number of amides is 1. The van der Waals surface area contributed by atoms with E-state index >= 15 is 0 Å². The second-order valence-electron chi connectivity index (χ2n) is 2.37. The molecule has 0 aliphatic rings. The Balaban J connectivity index is 3.89. The van der Waals surface area contributed by atoms with Crippen molar-refractivity contribution in [2.24, 2.45) is 11.7 Å². The molecule has 3 N–H and O–H groups in total. The molecule has 0 aromatic rings. The molecule has 0 heterocycles. The van der Waals surface area contributed by atoms with Gasteiger partial charge >= 0.3 is 0 Å². The van der Waals surface area contributed by atoms with E-state index in [4.69, 9.17) is 5.73 Å². The van der Waals surface area contributed by atoms with Crippen molar-refractivity contribution in [3.63, 3.8) is 0 Å². The number of carbonyl (C=O) groups excluding carboxylic acids is 1. The standard InChI is InChI=1S/C7H14N2OS/c1-3-5(4-2)6(10)9-7(8)11/h5H,3-4H2,1-2H3,(H3,8,9,10,11). The molecule has 4 heteroatoms. The lowest BCUT2D eigenvalue weighted by atomic mass is 10.0. The zero-order valence-corrected chi connectivity index (χ0v) is 7.70. The van der Waals surface area contributed by atoms with Crippen LogP contribution in [-0.4, -0.2) is 11.0 Å². The van der Waals surface area contributed by atoms with Crippen LogP contribution in [0.25, 0.3) is 0 Å². The Morgan fingerprint density at radius 3 is 2.27 bits per heavy atom. The van der Waals surface area contributed by atoms with Crippen molar-refractivity contribution in [2.45, 2.75) is 26.7 Å². The topological polar surface area (TPSA) is 55.1 Å². The number of carbonyl (C=O) groups is 1. The van der Waals surface area contributed by atoms with Crippen LogP contribution < -0.4 is 11.1 Å². The van der Waals surface area contributed by atoms with Gasteiger partial charge in [0.25, 0.3) is 0 Å². The Kier molecular flexibility index (Phi) is 4.77. The maximum atomic E-state index is 11.1. The van der Waals surface area contributed by atoms with E-state index in [1.807, 2.05) is 13.8 Å². The summed E-state index contributed by atoms with van der Waals surface area (Å²) in [5.41, 5.74) is 5.14. The van der Waals surface area contributed by atoms with E-state index in [9.17, 15) is 4.79 Å². The second-order valence-corrected chi connectivity index (χ2v) is 2.81. The van der Waals surface area contributed by atoms with Crippen LogP contribution in [0.3, 0.4) is 0 Å². The average Bonchev–Trinajstić information content (AvgIpc) is 1.88. The zero-order chi connectivity index (χ0) is 8.85. The highest BCUT2D eigenvalue weighted by molar-refractivity contribution is 7.80. The predicted octanol–water partition coefficient (Wildman–Crippen LogP) is 0.782. The predicted molar refractivity (Wildman–Crippen MR) is 49.0 cm³/mol. The summed E-state index contributed by atoms with van der Waals surface area (Å²) in [6.45, 7) is 3.93. The lowest BCUT2D eigenvalue weighted by Crippen LogP contribution is -2.38. The van der Waals surface area contributed by atoms with Gasteiger partial charge in [0.1, 0.15) is 0 Å². The maximum Gasteiger partial charge on any atom is 0.229 e. The lowest BCUT2D eigenvalue weighted by Gasteiger charge is -2.10. The number of thiocarbonyl (C=S) groups is 1. The van der Waals surface area contributed by atoms with Crippen LogP contribution in [0.1, 0.15) is 26.7 Å². The third kappa shape index (κ3) is 3.93. The lowest BCUT2D eigenvalue weighted by molar-refractivity contribution is -0.123. The highest BCUT2D eigenvalue weighted by atomic mass is 32.1. The molecule has 11 heavy (non-hydrogen) atoms. The summed E-state index contributed by atoms with van der Waals surface area (Å²) in [7, 11) is 0. The average molecular weight is 174 g/mol. The molecule has 64 valence electrons. The van der Waals surface area contributed by atoms with E-state index in [1.165, 1.54) is 0 Å². The van der Waals surface area contributed by atoms with Gasteiger partial charge in [-0.25, -0.2) is 0 Å². The van der Waals surface area contributed by atoms with Crippen molar-refractivity contribution in [3.8, 4) is 0 Å². The van der Waals surface area contributed by atoms with Gasteiger partial charge < -0.3 is 11.1 Å². The van der Waals surface area contributed by atoms with E-state index in [0.29, 0.717) is 0 Å². The minimum Gasteiger partial charge on any atom is -0.376 e. The van der Waals surface area contributed by atoms with Crippen molar-refractivity contribution in [1.82, 2.24) is 5.32 Å². The first-order valence-corrected chi connectivity index (χ1v) is 4.12. The molecular formula is C7H14N2OS. The summed E-state index contributed by atoms with van der Waals surface area (Å²) < 4.78 is 0. The monoisotopic (exact) mass is 174 g/mol. The van der Waals surface area contributed by atoms with Gasteiger partial charge in [0.15, 0.2) is 5.11 Å². The molecule has 1 amide bonds. The van der Waals surface area contributed by atoms with Crippen LogP contribution in [-0.2, 0) is 4.79 Å². The molecule has 0 aliphatic heterocycles. The van der Waals surface area contributed by atoms with Gasteiger partial charge in [0.05, 0.1) is 0 Å². The Bertz CT molecular complexity index is 155. The van der Waals surface area contributed by atoms with Gasteiger partial charge in [-0.15, -0.1) is 0 Å². The van der Waals surface area contributed by atoms with Crippen LogP contribution in [0.4, 0.5) is 0 Å². The summed E-state index contributed by atoms with van der Waals surface area (Å²) in [4.78, 5) is 11.1. The molecular weight excluding hydrogens is 160 g/mol. The van der Waals surface area contributed by atoms with Gasteiger partial charge in [0, 0.05) is 5.92 Å². The minimum absolute atomic E-state index is 0.0384. The van der Waals surface area contributed by atoms with E-state index in [2.05, 4.69) is 17.5 Å². The third-order valence-electron chi connectivity index (χ3n) is 1.60. The molecule has 0 saturated heterocycles. The summed E-state index contributed by atoms with van der Waals surface area (Å²) in [6.07, 6.45) is 1.65. The number of nitrogens with two attached hydrogens (primary N) is 1. The fourth-order valence-electron chi connectivity index (χ4n) is 0.883. The van der Waals surface area contributed by atoms with Crippen LogP contribution >= 0.6 is 12.2 Å². The van der Waals surface area contributed by atoms with Crippen molar-refractivity contribution in [2.75, 3.05) is 0 Å². The maximum absolute atomic E-state index is 11.1. The minimum atomic E-state index is -0.0671. The van der Waals surface area contributed by atoms with Crippen LogP contribution in [0, 0.1) is 5.92 Å². The largest absolute Gasteiger partial charge is 0.376 e. The van der Waals surface area contributed by atoms with Gasteiger partial charge in [0.2, 0.25) is 5.91 Å². The molecule has 0 aromatic heterocycles. The first-order valence-electron chi connectivity index (χ1n) is 3.72. The highest BCUT2D eigenvalue weighted by Crippen LogP contribution is 2.06.